The molecular weight excluding hydrogens is 320 g/mol. The summed E-state index contributed by atoms with van der Waals surface area (Å²) in [5.41, 5.74) is 0. The van der Waals surface area contributed by atoms with E-state index >= 15 is 0 Å². The zero-order chi connectivity index (χ0) is 16.4. The molecule has 2 aromatic rings. The fraction of sp³-hybridized carbons (Fsp3) is 0.500. The van der Waals surface area contributed by atoms with Crippen molar-refractivity contribution in [2.24, 2.45) is 11.8 Å². The van der Waals surface area contributed by atoms with Crippen molar-refractivity contribution < 1.29 is 4.79 Å². The second-order valence-electron chi connectivity index (χ2n) is 6.65. The van der Waals surface area contributed by atoms with Gasteiger partial charge in [-0.15, -0.1) is 11.3 Å². The molecule has 2 aliphatic rings. The van der Waals surface area contributed by atoms with E-state index in [1.807, 2.05) is 28.5 Å². The van der Waals surface area contributed by atoms with E-state index in [9.17, 15) is 4.79 Å². The molecule has 2 saturated heterocycles. The summed E-state index contributed by atoms with van der Waals surface area (Å²) in [5.74, 6) is 2.42. The van der Waals surface area contributed by atoms with Gasteiger partial charge in [-0.1, -0.05) is 6.07 Å². The van der Waals surface area contributed by atoms with Crippen LogP contribution in [0.4, 0.5) is 5.95 Å². The summed E-state index contributed by atoms with van der Waals surface area (Å²) in [6.45, 7) is 3.86. The van der Waals surface area contributed by atoms with Gasteiger partial charge < -0.3 is 9.80 Å². The summed E-state index contributed by atoms with van der Waals surface area (Å²) in [6.07, 6.45) is 7.09. The molecule has 1 atom stereocenters. The van der Waals surface area contributed by atoms with Gasteiger partial charge in [0.2, 0.25) is 5.95 Å². The second-order valence-corrected chi connectivity index (χ2v) is 7.60. The topological polar surface area (TPSA) is 49.3 Å². The summed E-state index contributed by atoms with van der Waals surface area (Å²) < 4.78 is 0. The molecule has 126 valence electrons. The van der Waals surface area contributed by atoms with E-state index in [2.05, 4.69) is 14.9 Å². The maximum Gasteiger partial charge on any atom is 0.263 e. The van der Waals surface area contributed by atoms with Crippen molar-refractivity contribution in [3.8, 4) is 0 Å². The summed E-state index contributed by atoms with van der Waals surface area (Å²) in [4.78, 5) is 26.4. The lowest BCUT2D eigenvalue weighted by Crippen LogP contribution is -2.38. The SMILES string of the molecule is O=C(c1cccs1)N1CC[C@H](C2CCN(c3ncccn3)CC2)C1. The minimum Gasteiger partial charge on any atom is -0.341 e. The molecule has 0 bridgehead atoms. The number of hydrogen-bond acceptors (Lipinski definition) is 5. The number of carbonyl (C=O) groups is 1. The van der Waals surface area contributed by atoms with Crippen LogP contribution in [0, 0.1) is 11.8 Å². The van der Waals surface area contributed by atoms with Crippen LogP contribution < -0.4 is 4.90 Å². The molecule has 4 heterocycles. The summed E-state index contributed by atoms with van der Waals surface area (Å²) >= 11 is 1.54. The van der Waals surface area contributed by atoms with Crippen LogP contribution in [0.3, 0.4) is 0 Å². The molecule has 0 aromatic carbocycles. The van der Waals surface area contributed by atoms with Crippen LogP contribution >= 0.6 is 11.3 Å². The van der Waals surface area contributed by atoms with E-state index in [1.54, 1.807) is 23.7 Å². The highest BCUT2D eigenvalue weighted by Crippen LogP contribution is 2.33. The van der Waals surface area contributed by atoms with Crippen LogP contribution in [0.1, 0.15) is 28.9 Å². The lowest BCUT2D eigenvalue weighted by Gasteiger charge is -2.34. The lowest BCUT2D eigenvalue weighted by molar-refractivity contribution is 0.0785. The monoisotopic (exact) mass is 342 g/mol. The van der Waals surface area contributed by atoms with Crippen LogP contribution in [0.15, 0.2) is 36.0 Å². The summed E-state index contributed by atoms with van der Waals surface area (Å²) in [7, 11) is 0. The third kappa shape index (κ3) is 3.15. The average Bonchev–Trinajstić information content (AvgIpc) is 3.34. The molecule has 5 nitrogen and oxygen atoms in total. The Morgan fingerprint density at radius 2 is 1.79 bits per heavy atom. The van der Waals surface area contributed by atoms with Gasteiger partial charge >= 0.3 is 0 Å². The highest BCUT2D eigenvalue weighted by atomic mass is 32.1. The van der Waals surface area contributed by atoms with Crippen molar-refractivity contribution in [3.05, 3.63) is 40.8 Å². The van der Waals surface area contributed by atoms with E-state index in [0.29, 0.717) is 11.8 Å². The van der Waals surface area contributed by atoms with Gasteiger partial charge in [0.15, 0.2) is 0 Å². The molecule has 0 aliphatic carbocycles. The average molecular weight is 342 g/mol. The molecule has 6 heteroatoms. The number of thiophene rings is 1. The van der Waals surface area contributed by atoms with Gasteiger partial charge in [-0.05, 0) is 48.6 Å². The molecule has 0 radical (unpaired) electrons. The molecule has 2 fully saturated rings. The molecule has 0 unspecified atom stereocenters. The highest BCUT2D eigenvalue weighted by molar-refractivity contribution is 7.12. The van der Waals surface area contributed by atoms with Crippen LogP contribution in [0.2, 0.25) is 0 Å². The summed E-state index contributed by atoms with van der Waals surface area (Å²) in [5, 5.41) is 1.97. The van der Waals surface area contributed by atoms with Crippen molar-refractivity contribution in [2.45, 2.75) is 19.3 Å². The van der Waals surface area contributed by atoms with Gasteiger partial charge in [0.05, 0.1) is 4.88 Å². The number of amides is 1. The molecule has 2 aromatic heterocycles. The van der Waals surface area contributed by atoms with Crippen LogP contribution in [-0.2, 0) is 0 Å². The maximum atomic E-state index is 12.5. The number of carbonyl (C=O) groups excluding carboxylic acids is 1. The highest BCUT2D eigenvalue weighted by Gasteiger charge is 2.34. The van der Waals surface area contributed by atoms with E-state index in [1.165, 1.54) is 12.8 Å². The predicted molar refractivity (Wildman–Crippen MR) is 95.3 cm³/mol. The van der Waals surface area contributed by atoms with Gasteiger partial charge in [0.25, 0.3) is 5.91 Å². The number of piperidine rings is 1. The Labute approximate surface area is 146 Å². The first-order chi connectivity index (χ1) is 11.8. The van der Waals surface area contributed by atoms with Gasteiger partial charge in [-0.3, -0.25) is 4.79 Å². The Hall–Kier alpha value is -1.95. The first-order valence-corrected chi connectivity index (χ1v) is 9.54. The Morgan fingerprint density at radius 3 is 2.50 bits per heavy atom. The first-order valence-electron chi connectivity index (χ1n) is 8.66. The molecular formula is C18H22N4OS. The van der Waals surface area contributed by atoms with Crippen molar-refractivity contribution >= 4 is 23.2 Å². The van der Waals surface area contributed by atoms with Gasteiger partial charge in [0, 0.05) is 38.6 Å². The van der Waals surface area contributed by atoms with Crippen molar-refractivity contribution in [2.75, 3.05) is 31.1 Å². The third-order valence-electron chi connectivity index (χ3n) is 5.29. The van der Waals surface area contributed by atoms with Crippen molar-refractivity contribution in [1.29, 1.82) is 0 Å². The molecule has 2 aliphatic heterocycles. The van der Waals surface area contributed by atoms with E-state index in [4.69, 9.17) is 0 Å². The van der Waals surface area contributed by atoms with Crippen LogP contribution in [0.5, 0.6) is 0 Å². The zero-order valence-electron chi connectivity index (χ0n) is 13.7. The predicted octanol–water partition coefficient (Wildman–Crippen LogP) is 2.92. The smallest absolute Gasteiger partial charge is 0.263 e. The number of aromatic nitrogens is 2. The number of anilines is 1. The third-order valence-corrected chi connectivity index (χ3v) is 6.14. The quantitative estimate of drug-likeness (QED) is 0.860. The Bertz CT molecular complexity index is 668. The number of likely N-dealkylation sites (tertiary alicyclic amines) is 1. The molecule has 1 amide bonds. The first kappa shape index (κ1) is 15.6. The van der Waals surface area contributed by atoms with Gasteiger partial charge in [0.1, 0.15) is 0 Å². The van der Waals surface area contributed by atoms with E-state index in [-0.39, 0.29) is 5.91 Å². The largest absolute Gasteiger partial charge is 0.341 e. The van der Waals surface area contributed by atoms with E-state index in [0.717, 1.165) is 43.4 Å². The number of rotatable bonds is 3. The van der Waals surface area contributed by atoms with E-state index < -0.39 is 0 Å². The minimum absolute atomic E-state index is 0.211. The van der Waals surface area contributed by atoms with Gasteiger partial charge in [-0.25, -0.2) is 9.97 Å². The molecule has 0 saturated carbocycles. The number of hydrogen-bond donors (Lipinski definition) is 0. The van der Waals surface area contributed by atoms with Crippen molar-refractivity contribution in [3.63, 3.8) is 0 Å². The zero-order valence-corrected chi connectivity index (χ0v) is 14.5. The maximum absolute atomic E-state index is 12.5. The standard InChI is InChI=1S/C18H22N4OS/c23-17(16-3-1-12-24-16)22-11-6-15(13-22)14-4-9-21(10-5-14)18-19-7-2-8-20-18/h1-3,7-8,12,14-15H,4-6,9-11,13H2/t15-/m0/s1. The van der Waals surface area contributed by atoms with Crippen molar-refractivity contribution in [1.82, 2.24) is 14.9 Å². The molecule has 0 N–H and O–H groups in total. The molecule has 4 rings (SSSR count). The second kappa shape index (κ2) is 6.89. The summed E-state index contributed by atoms with van der Waals surface area (Å²) in [6, 6.07) is 5.74. The van der Waals surface area contributed by atoms with Gasteiger partial charge in [-0.2, -0.15) is 0 Å². The Balaban J connectivity index is 1.31. The van der Waals surface area contributed by atoms with Crippen LogP contribution in [0.25, 0.3) is 0 Å². The lowest BCUT2D eigenvalue weighted by atomic mass is 9.84. The Kier molecular flexibility index (Phi) is 4.47. The van der Waals surface area contributed by atoms with Crippen LogP contribution in [-0.4, -0.2) is 47.0 Å². The number of nitrogens with zero attached hydrogens (tertiary/aromatic N) is 4. The molecule has 0 spiro atoms. The fourth-order valence-corrected chi connectivity index (χ4v) is 4.63. The Morgan fingerprint density at radius 1 is 1.04 bits per heavy atom. The minimum atomic E-state index is 0.211. The normalized spacial score (nSPS) is 22.1. The molecule has 24 heavy (non-hydrogen) atoms. The fourth-order valence-electron chi connectivity index (χ4n) is 3.94.